The lowest BCUT2D eigenvalue weighted by Gasteiger charge is -1.96. The van der Waals surface area contributed by atoms with Crippen LogP contribution in [0.5, 0.6) is 0 Å². The van der Waals surface area contributed by atoms with E-state index in [9.17, 15) is 4.21 Å². The maximum atomic E-state index is 11.9. The Kier molecular flexibility index (Phi) is 4.17. The van der Waals surface area contributed by atoms with E-state index in [-0.39, 0.29) is 0 Å². The number of halogens is 1. The number of rotatable bonds is 4. The molecule has 0 aliphatic heterocycles. The van der Waals surface area contributed by atoms with Gasteiger partial charge in [0.2, 0.25) is 5.89 Å². The van der Waals surface area contributed by atoms with Crippen LogP contribution in [0.4, 0.5) is 0 Å². The lowest BCUT2D eigenvalue weighted by Crippen LogP contribution is -1.98. The summed E-state index contributed by atoms with van der Waals surface area (Å²) in [6.07, 6.45) is 0. The lowest BCUT2D eigenvalue weighted by atomic mass is 10.4. The van der Waals surface area contributed by atoms with Crippen LogP contribution < -0.4 is 0 Å². The fourth-order valence-corrected chi connectivity index (χ4v) is 4.20. The van der Waals surface area contributed by atoms with Crippen molar-refractivity contribution >= 4 is 38.1 Å². The van der Waals surface area contributed by atoms with Gasteiger partial charge in [0.25, 0.3) is 0 Å². The lowest BCUT2D eigenvalue weighted by molar-refractivity contribution is 0.487. The van der Waals surface area contributed by atoms with Gasteiger partial charge in [-0.15, -0.1) is 11.3 Å². The van der Waals surface area contributed by atoms with Gasteiger partial charge >= 0.3 is 0 Å². The minimum Gasteiger partial charge on any atom is -0.445 e. The van der Waals surface area contributed by atoms with E-state index in [4.69, 9.17) is 4.42 Å². The summed E-state index contributed by atoms with van der Waals surface area (Å²) in [5, 5.41) is 0. The second-order valence-electron chi connectivity index (χ2n) is 3.68. The molecule has 2 rings (SSSR count). The third kappa shape index (κ3) is 3.50. The van der Waals surface area contributed by atoms with Gasteiger partial charge in [-0.05, 0) is 41.9 Å². The maximum absolute atomic E-state index is 11.9. The van der Waals surface area contributed by atoms with Crippen LogP contribution in [-0.2, 0) is 22.3 Å². The Morgan fingerprint density at radius 3 is 2.71 bits per heavy atom. The normalized spacial score (nSPS) is 12.9. The first kappa shape index (κ1) is 13.0. The van der Waals surface area contributed by atoms with Crippen molar-refractivity contribution in [2.45, 2.75) is 25.4 Å². The number of aryl methyl sites for hydroxylation is 2. The molecule has 0 amide bonds. The van der Waals surface area contributed by atoms with Gasteiger partial charge in [-0.3, -0.25) is 4.21 Å². The molecule has 0 spiro atoms. The second kappa shape index (κ2) is 5.46. The van der Waals surface area contributed by atoms with Gasteiger partial charge in [-0.25, -0.2) is 4.98 Å². The molecule has 0 unspecified atom stereocenters. The van der Waals surface area contributed by atoms with Crippen LogP contribution in [0.15, 0.2) is 20.3 Å². The molecule has 17 heavy (non-hydrogen) atoms. The van der Waals surface area contributed by atoms with Gasteiger partial charge in [0.15, 0.2) is 0 Å². The third-order valence-electron chi connectivity index (χ3n) is 2.29. The van der Waals surface area contributed by atoms with E-state index in [1.54, 1.807) is 11.3 Å². The molecule has 0 saturated heterocycles. The minimum absolute atomic E-state index is 0.379. The molecule has 1 atom stereocenters. The molecule has 0 aromatic carbocycles. The topological polar surface area (TPSA) is 43.1 Å². The molecule has 2 heterocycles. The van der Waals surface area contributed by atoms with Crippen molar-refractivity contribution < 1.29 is 8.63 Å². The van der Waals surface area contributed by atoms with Crippen molar-refractivity contribution in [1.82, 2.24) is 4.98 Å². The first-order valence-electron chi connectivity index (χ1n) is 5.06. The molecular formula is C11H12BrNO2S2. The third-order valence-corrected chi connectivity index (χ3v) is 5.30. The minimum atomic E-state index is -0.970. The fraction of sp³-hybridized carbons (Fsp3) is 0.364. The Morgan fingerprint density at radius 2 is 2.18 bits per heavy atom. The van der Waals surface area contributed by atoms with Crippen LogP contribution in [0.1, 0.15) is 22.2 Å². The highest BCUT2D eigenvalue weighted by Crippen LogP contribution is 2.23. The summed E-state index contributed by atoms with van der Waals surface area (Å²) in [6, 6.07) is 3.95. The van der Waals surface area contributed by atoms with Crippen molar-refractivity contribution in [3.05, 3.63) is 38.1 Å². The van der Waals surface area contributed by atoms with Crippen LogP contribution in [-0.4, -0.2) is 9.19 Å². The first-order chi connectivity index (χ1) is 8.04. The summed E-state index contributed by atoms with van der Waals surface area (Å²) in [5.41, 5.74) is 0.871. The number of oxazole rings is 1. The summed E-state index contributed by atoms with van der Waals surface area (Å²) < 4.78 is 18.4. The fourth-order valence-electron chi connectivity index (χ4n) is 1.38. The quantitative estimate of drug-likeness (QED) is 0.859. The van der Waals surface area contributed by atoms with Crippen LogP contribution >= 0.6 is 27.3 Å². The molecule has 2 aromatic heterocycles. The summed E-state index contributed by atoms with van der Waals surface area (Å²) in [5.74, 6) is 2.30. The van der Waals surface area contributed by atoms with Crippen LogP contribution in [0.3, 0.4) is 0 Å². The summed E-state index contributed by atoms with van der Waals surface area (Å²) in [6.45, 7) is 3.76. The Balaban J connectivity index is 1.97. The van der Waals surface area contributed by atoms with Gasteiger partial charge in [-0.2, -0.15) is 0 Å². The molecular weight excluding hydrogens is 322 g/mol. The molecule has 2 aromatic rings. The zero-order valence-electron chi connectivity index (χ0n) is 9.53. The highest BCUT2D eigenvalue weighted by molar-refractivity contribution is 9.11. The number of aromatic nitrogens is 1. The smallest absolute Gasteiger partial charge is 0.207 e. The molecule has 6 heteroatoms. The summed E-state index contributed by atoms with van der Waals surface area (Å²) >= 11 is 5.00. The van der Waals surface area contributed by atoms with E-state index in [2.05, 4.69) is 20.9 Å². The van der Waals surface area contributed by atoms with E-state index in [0.717, 1.165) is 20.1 Å². The van der Waals surface area contributed by atoms with Gasteiger partial charge in [-0.1, -0.05) is 0 Å². The Hall–Kier alpha value is -0.460. The van der Waals surface area contributed by atoms with Crippen LogP contribution in [0.2, 0.25) is 0 Å². The Morgan fingerprint density at radius 1 is 1.41 bits per heavy atom. The van der Waals surface area contributed by atoms with Crippen molar-refractivity contribution in [2.24, 2.45) is 0 Å². The molecule has 0 saturated carbocycles. The number of thiophene rings is 1. The van der Waals surface area contributed by atoms with Gasteiger partial charge < -0.3 is 4.42 Å². The number of hydrogen-bond acceptors (Lipinski definition) is 4. The van der Waals surface area contributed by atoms with Crippen molar-refractivity contribution in [3.8, 4) is 0 Å². The molecule has 0 N–H and O–H groups in total. The molecule has 0 fully saturated rings. The van der Waals surface area contributed by atoms with E-state index < -0.39 is 10.8 Å². The second-order valence-corrected chi connectivity index (χ2v) is 7.69. The standard InChI is InChI=1S/C11H12BrNO2S2/c1-7-8(2)15-11(13-7)6-17(14)5-9-3-4-10(12)16-9/h3-4H,5-6H2,1-2H3/t17-/m1/s1. The Bertz CT molecular complexity index is 528. The first-order valence-corrected chi connectivity index (χ1v) is 8.16. The van der Waals surface area contributed by atoms with Crippen molar-refractivity contribution in [2.75, 3.05) is 0 Å². The van der Waals surface area contributed by atoms with E-state index in [0.29, 0.717) is 17.4 Å². The van der Waals surface area contributed by atoms with Crippen LogP contribution in [0, 0.1) is 13.8 Å². The van der Waals surface area contributed by atoms with Crippen LogP contribution in [0.25, 0.3) is 0 Å². The van der Waals surface area contributed by atoms with E-state index in [1.807, 2.05) is 26.0 Å². The monoisotopic (exact) mass is 333 g/mol. The van der Waals surface area contributed by atoms with E-state index in [1.165, 1.54) is 0 Å². The number of nitrogens with zero attached hydrogens (tertiary/aromatic N) is 1. The molecule has 92 valence electrons. The van der Waals surface area contributed by atoms with Crippen molar-refractivity contribution in [1.29, 1.82) is 0 Å². The molecule has 0 aliphatic carbocycles. The largest absolute Gasteiger partial charge is 0.445 e. The summed E-state index contributed by atoms with van der Waals surface area (Å²) in [4.78, 5) is 5.34. The maximum Gasteiger partial charge on any atom is 0.207 e. The predicted octanol–water partition coefficient (Wildman–Crippen LogP) is 3.56. The van der Waals surface area contributed by atoms with Crippen molar-refractivity contribution in [3.63, 3.8) is 0 Å². The average molecular weight is 334 g/mol. The Labute approximate surface area is 115 Å². The molecule has 3 nitrogen and oxygen atoms in total. The van der Waals surface area contributed by atoms with Gasteiger partial charge in [0.05, 0.1) is 15.2 Å². The molecule has 0 radical (unpaired) electrons. The molecule has 0 bridgehead atoms. The predicted molar refractivity (Wildman–Crippen MR) is 73.5 cm³/mol. The van der Waals surface area contributed by atoms with E-state index >= 15 is 0 Å². The number of hydrogen-bond donors (Lipinski definition) is 0. The zero-order chi connectivity index (χ0) is 12.4. The zero-order valence-corrected chi connectivity index (χ0v) is 12.7. The summed E-state index contributed by atoms with van der Waals surface area (Å²) in [7, 11) is -0.970. The highest BCUT2D eigenvalue weighted by atomic mass is 79.9. The average Bonchev–Trinajstić information content (AvgIpc) is 2.75. The SMILES string of the molecule is Cc1nc(C[S@](=O)Cc2ccc(Br)s2)oc1C. The molecule has 0 aliphatic rings. The van der Waals surface area contributed by atoms with Gasteiger partial charge in [0, 0.05) is 15.7 Å². The van der Waals surface area contributed by atoms with Gasteiger partial charge in [0.1, 0.15) is 11.5 Å². The highest BCUT2D eigenvalue weighted by Gasteiger charge is 2.11.